The van der Waals surface area contributed by atoms with Gasteiger partial charge in [0.2, 0.25) is 0 Å². The third-order valence-corrected chi connectivity index (χ3v) is 6.11. The van der Waals surface area contributed by atoms with E-state index in [1.165, 1.54) is 21.3 Å². The molecule has 1 fully saturated rings. The average Bonchev–Trinajstić information content (AvgIpc) is 2.82. The number of hydrogen-bond donors (Lipinski definition) is 0. The van der Waals surface area contributed by atoms with Crippen molar-refractivity contribution in [2.24, 2.45) is 0 Å². The van der Waals surface area contributed by atoms with E-state index in [1.54, 1.807) is 41.3 Å². The molecule has 8 nitrogen and oxygen atoms in total. The first kappa shape index (κ1) is 21.7. The highest BCUT2D eigenvalue weighted by Crippen LogP contribution is 2.44. The van der Waals surface area contributed by atoms with Gasteiger partial charge in [0.25, 0.3) is 5.91 Å². The Morgan fingerprint density at radius 1 is 1.00 bits per heavy atom. The van der Waals surface area contributed by atoms with Gasteiger partial charge in [-0.05, 0) is 12.1 Å². The van der Waals surface area contributed by atoms with Crippen LogP contribution in [-0.2, 0) is 4.74 Å². The highest BCUT2D eigenvalue weighted by atomic mass is 16.5. The normalized spacial score (nSPS) is 16.7. The van der Waals surface area contributed by atoms with Crippen LogP contribution in [0.1, 0.15) is 50.3 Å². The Kier molecular flexibility index (Phi) is 5.78. The molecule has 0 aliphatic carbocycles. The number of carbonyl (C=O) groups excluding carboxylic acids is 3. The molecule has 2 heterocycles. The molecule has 2 aromatic rings. The number of nitrogens with zero attached hydrogens (tertiary/aromatic N) is 1. The summed E-state index contributed by atoms with van der Waals surface area (Å²) in [6.45, 7) is 0.802. The zero-order valence-corrected chi connectivity index (χ0v) is 18.3. The first-order chi connectivity index (χ1) is 15.4. The van der Waals surface area contributed by atoms with Crippen molar-refractivity contribution >= 4 is 17.7 Å². The van der Waals surface area contributed by atoms with Crippen LogP contribution in [0.2, 0.25) is 0 Å². The molecule has 2 aromatic carbocycles. The van der Waals surface area contributed by atoms with E-state index in [0.717, 1.165) is 0 Å². The number of ketones is 1. The zero-order valence-electron chi connectivity index (χ0n) is 18.3. The third kappa shape index (κ3) is 3.77. The second kappa shape index (κ2) is 8.53. The largest absolute Gasteiger partial charge is 0.496 e. The molecular weight excluding hydrogens is 414 g/mol. The first-order valence-corrected chi connectivity index (χ1v) is 10.4. The number of likely N-dealkylation sites (tertiary alicyclic amines) is 1. The fraction of sp³-hybridized carbons (Fsp3) is 0.375. The van der Waals surface area contributed by atoms with Crippen LogP contribution in [0.25, 0.3) is 0 Å². The van der Waals surface area contributed by atoms with Gasteiger partial charge in [-0.3, -0.25) is 9.59 Å². The number of ether oxygens (including phenoxy) is 4. The molecule has 2 aliphatic heterocycles. The standard InChI is InChI=1S/C24H25NO7/c1-29-15-12-19(30-2)21-18(26)14-24(32-20(21)13-15)8-10-25(11-9-24)22(27)16-6-4-5-7-17(16)23(28)31-3/h4-7,12-13H,8-11,14H2,1-3H3. The molecule has 32 heavy (non-hydrogen) atoms. The van der Waals surface area contributed by atoms with Crippen LogP contribution in [0.4, 0.5) is 0 Å². The van der Waals surface area contributed by atoms with Gasteiger partial charge in [0.05, 0.1) is 38.9 Å². The van der Waals surface area contributed by atoms with Crippen LogP contribution in [-0.4, -0.2) is 62.6 Å². The van der Waals surface area contributed by atoms with Crippen molar-refractivity contribution in [1.82, 2.24) is 4.90 Å². The smallest absolute Gasteiger partial charge is 0.338 e. The first-order valence-electron chi connectivity index (χ1n) is 10.4. The van der Waals surface area contributed by atoms with Crippen molar-refractivity contribution in [3.8, 4) is 17.2 Å². The molecule has 1 saturated heterocycles. The number of benzene rings is 2. The molecule has 1 amide bonds. The maximum Gasteiger partial charge on any atom is 0.338 e. The molecular formula is C24H25NO7. The average molecular weight is 439 g/mol. The number of carbonyl (C=O) groups is 3. The maximum atomic E-state index is 13.1. The number of rotatable bonds is 4. The summed E-state index contributed by atoms with van der Waals surface area (Å²) in [7, 11) is 4.33. The van der Waals surface area contributed by atoms with Gasteiger partial charge in [0.15, 0.2) is 5.78 Å². The maximum absolute atomic E-state index is 13.1. The van der Waals surface area contributed by atoms with Crippen molar-refractivity contribution < 1.29 is 33.3 Å². The number of esters is 1. The predicted octanol–water partition coefficient (Wildman–Crippen LogP) is 3.13. The molecule has 0 bridgehead atoms. The van der Waals surface area contributed by atoms with Crippen LogP contribution in [0.5, 0.6) is 17.2 Å². The summed E-state index contributed by atoms with van der Waals surface area (Å²) in [4.78, 5) is 39.8. The Labute approximate surface area is 186 Å². The predicted molar refractivity (Wildman–Crippen MR) is 115 cm³/mol. The van der Waals surface area contributed by atoms with E-state index in [2.05, 4.69) is 0 Å². The van der Waals surface area contributed by atoms with Gasteiger partial charge in [-0.15, -0.1) is 0 Å². The van der Waals surface area contributed by atoms with Gasteiger partial charge in [-0.2, -0.15) is 0 Å². The van der Waals surface area contributed by atoms with Crippen LogP contribution in [0.15, 0.2) is 36.4 Å². The molecule has 0 aromatic heterocycles. The van der Waals surface area contributed by atoms with Crippen molar-refractivity contribution in [3.63, 3.8) is 0 Å². The van der Waals surface area contributed by atoms with E-state index in [-0.39, 0.29) is 23.7 Å². The summed E-state index contributed by atoms with van der Waals surface area (Å²) in [5.41, 5.74) is 0.262. The SMILES string of the molecule is COC(=O)c1ccccc1C(=O)N1CCC2(CC1)CC(=O)c1c(OC)cc(OC)cc1O2. The van der Waals surface area contributed by atoms with E-state index in [0.29, 0.717) is 54.3 Å². The minimum atomic E-state index is -0.694. The number of hydrogen-bond acceptors (Lipinski definition) is 7. The zero-order chi connectivity index (χ0) is 22.9. The Hall–Kier alpha value is -3.55. The molecule has 4 rings (SSSR count). The molecule has 0 N–H and O–H groups in total. The minimum Gasteiger partial charge on any atom is -0.496 e. The van der Waals surface area contributed by atoms with Gasteiger partial charge in [-0.1, -0.05) is 12.1 Å². The number of piperidine rings is 1. The molecule has 168 valence electrons. The summed E-state index contributed by atoms with van der Waals surface area (Å²) >= 11 is 0. The van der Waals surface area contributed by atoms with Crippen molar-refractivity contribution in [2.75, 3.05) is 34.4 Å². The van der Waals surface area contributed by atoms with Crippen molar-refractivity contribution in [3.05, 3.63) is 53.1 Å². The summed E-state index contributed by atoms with van der Waals surface area (Å²) < 4.78 is 21.8. The van der Waals surface area contributed by atoms with E-state index in [9.17, 15) is 14.4 Å². The summed E-state index contributed by atoms with van der Waals surface area (Å²) in [5.74, 6) is 0.549. The Morgan fingerprint density at radius 3 is 2.31 bits per heavy atom. The number of amides is 1. The third-order valence-electron chi connectivity index (χ3n) is 6.11. The molecule has 8 heteroatoms. The summed E-state index contributed by atoms with van der Waals surface area (Å²) in [6.07, 6.45) is 1.19. The molecule has 0 saturated carbocycles. The van der Waals surface area contributed by atoms with E-state index < -0.39 is 11.6 Å². The second-order valence-electron chi connectivity index (χ2n) is 7.92. The lowest BCUT2D eigenvalue weighted by atomic mass is 9.82. The van der Waals surface area contributed by atoms with Crippen LogP contribution in [0, 0.1) is 0 Å². The monoisotopic (exact) mass is 439 g/mol. The van der Waals surface area contributed by atoms with Gasteiger partial charge in [0.1, 0.15) is 28.4 Å². The van der Waals surface area contributed by atoms with Gasteiger partial charge in [-0.25, -0.2) is 4.79 Å². The molecule has 0 atom stereocenters. The summed E-state index contributed by atoms with van der Waals surface area (Å²) in [6, 6.07) is 9.96. The van der Waals surface area contributed by atoms with Crippen LogP contribution in [0.3, 0.4) is 0 Å². The van der Waals surface area contributed by atoms with Gasteiger partial charge < -0.3 is 23.8 Å². The quantitative estimate of drug-likeness (QED) is 0.676. The lowest BCUT2D eigenvalue weighted by molar-refractivity contribution is -0.00621. The number of Topliss-reactive ketones (excluding diaryl/α,β-unsaturated/α-hetero) is 1. The second-order valence-corrected chi connectivity index (χ2v) is 7.92. The number of fused-ring (bicyclic) bond motifs is 1. The highest BCUT2D eigenvalue weighted by molar-refractivity contribution is 6.05. The Morgan fingerprint density at radius 2 is 1.69 bits per heavy atom. The van der Waals surface area contributed by atoms with Crippen LogP contribution >= 0.6 is 0 Å². The fourth-order valence-electron chi connectivity index (χ4n) is 4.37. The van der Waals surface area contributed by atoms with Gasteiger partial charge >= 0.3 is 5.97 Å². The minimum absolute atomic E-state index is 0.0541. The lowest BCUT2D eigenvalue weighted by Crippen LogP contribution is -2.52. The number of methoxy groups -OCH3 is 3. The topological polar surface area (TPSA) is 91.4 Å². The lowest BCUT2D eigenvalue weighted by Gasteiger charge is -2.44. The molecule has 1 spiro atoms. The molecule has 2 aliphatic rings. The van der Waals surface area contributed by atoms with Crippen molar-refractivity contribution in [1.29, 1.82) is 0 Å². The molecule has 0 radical (unpaired) electrons. The highest BCUT2D eigenvalue weighted by Gasteiger charge is 2.45. The molecule has 0 unspecified atom stereocenters. The van der Waals surface area contributed by atoms with E-state index in [4.69, 9.17) is 18.9 Å². The Balaban J connectivity index is 1.54. The van der Waals surface area contributed by atoms with Crippen molar-refractivity contribution in [2.45, 2.75) is 24.9 Å². The summed E-state index contributed by atoms with van der Waals surface area (Å²) in [5, 5.41) is 0. The van der Waals surface area contributed by atoms with E-state index in [1.807, 2.05) is 0 Å². The fourth-order valence-corrected chi connectivity index (χ4v) is 4.37. The van der Waals surface area contributed by atoms with E-state index >= 15 is 0 Å². The van der Waals surface area contributed by atoms with Crippen LogP contribution < -0.4 is 14.2 Å². The van der Waals surface area contributed by atoms with Gasteiger partial charge in [0, 0.05) is 38.1 Å². The Bertz CT molecular complexity index is 1070.